The van der Waals surface area contributed by atoms with E-state index in [1.54, 1.807) is 0 Å². The van der Waals surface area contributed by atoms with Crippen molar-refractivity contribution in [2.24, 2.45) is 5.92 Å². The van der Waals surface area contributed by atoms with Crippen LogP contribution < -0.4 is 5.32 Å². The van der Waals surface area contributed by atoms with Crippen LogP contribution in [0.25, 0.3) is 0 Å². The highest BCUT2D eigenvalue weighted by Gasteiger charge is 2.33. The lowest BCUT2D eigenvalue weighted by molar-refractivity contribution is -0.135. The molecule has 1 N–H and O–H groups in total. The van der Waals surface area contributed by atoms with E-state index in [1.165, 1.54) is 25.7 Å². The van der Waals surface area contributed by atoms with E-state index in [2.05, 4.69) is 24.1 Å². The molecule has 3 nitrogen and oxygen atoms in total. The number of nitrogens with zero attached hydrogens (tertiary/aromatic N) is 1. The quantitative estimate of drug-likeness (QED) is 0.775. The van der Waals surface area contributed by atoms with Gasteiger partial charge in [-0.05, 0) is 45.1 Å². The molecule has 92 valence electrons. The van der Waals surface area contributed by atoms with Crippen LogP contribution in [-0.2, 0) is 4.79 Å². The van der Waals surface area contributed by atoms with Crippen molar-refractivity contribution in [3.63, 3.8) is 0 Å². The molecule has 0 aromatic heterocycles. The van der Waals surface area contributed by atoms with Crippen LogP contribution in [0, 0.1) is 5.92 Å². The summed E-state index contributed by atoms with van der Waals surface area (Å²) in [4.78, 5) is 14.4. The Balaban J connectivity index is 1.93. The van der Waals surface area contributed by atoms with E-state index < -0.39 is 0 Å². The van der Waals surface area contributed by atoms with Crippen LogP contribution in [0.2, 0.25) is 0 Å². The minimum absolute atomic E-state index is 0.0965. The Hall–Kier alpha value is -0.570. The molecule has 0 bridgehead atoms. The summed E-state index contributed by atoms with van der Waals surface area (Å²) in [5.74, 6) is 1.09. The molecule has 16 heavy (non-hydrogen) atoms. The third kappa shape index (κ3) is 2.40. The van der Waals surface area contributed by atoms with Crippen molar-refractivity contribution in [2.75, 3.05) is 13.1 Å². The van der Waals surface area contributed by atoms with Gasteiger partial charge in [-0.3, -0.25) is 4.79 Å². The summed E-state index contributed by atoms with van der Waals surface area (Å²) in [6, 6.07) is 0.551. The van der Waals surface area contributed by atoms with E-state index in [9.17, 15) is 4.79 Å². The molecule has 0 aromatic rings. The molecule has 0 aliphatic carbocycles. The van der Waals surface area contributed by atoms with Crippen molar-refractivity contribution in [1.29, 1.82) is 0 Å². The number of hydrogen-bond acceptors (Lipinski definition) is 2. The number of piperidine rings is 1. The number of carbonyl (C=O) groups excluding carboxylic acids is 1. The molecule has 0 spiro atoms. The lowest BCUT2D eigenvalue weighted by atomic mass is 9.90. The summed E-state index contributed by atoms with van der Waals surface area (Å²) in [6.07, 6.45) is 5.84. The second kappa shape index (κ2) is 5.17. The highest BCUT2D eigenvalue weighted by Crippen LogP contribution is 2.23. The fourth-order valence-corrected chi connectivity index (χ4v) is 3.02. The first-order valence-corrected chi connectivity index (χ1v) is 6.76. The van der Waals surface area contributed by atoms with Crippen molar-refractivity contribution in [3.05, 3.63) is 0 Å². The Labute approximate surface area is 98.6 Å². The van der Waals surface area contributed by atoms with Gasteiger partial charge in [-0.15, -0.1) is 0 Å². The van der Waals surface area contributed by atoms with Gasteiger partial charge >= 0.3 is 0 Å². The zero-order valence-electron chi connectivity index (χ0n) is 10.5. The van der Waals surface area contributed by atoms with E-state index in [-0.39, 0.29) is 6.04 Å². The van der Waals surface area contributed by atoms with Gasteiger partial charge in [0.25, 0.3) is 0 Å². The maximum Gasteiger partial charge on any atom is 0.239 e. The molecule has 2 aliphatic heterocycles. The smallest absolute Gasteiger partial charge is 0.239 e. The number of nitrogens with one attached hydrogen (secondary N) is 1. The summed E-state index contributed by atoms with van der Waals surface area (Å²) in [5.41, 5.74) is 0. The van der Waals surface area contributed by atoms with Gasteiger partial charge in [-0.25, -0.2) is 0 Å². The Morgan fingerprint density at radius 1 is 1.44 bits per heavy atom. The summed E-state index contributed by atoms with van der Waals surface area (Å²) >= 11 is 0. The van der Waals surface area contributed by atoms with E-state index in [1.807, 2.05) is 0 Å². The summed E-state index contributed by atoms with van der Waals surface area (Å²) in [5, 5.41) is 3.39. The molecular weight excluding hydrogens is 200 g/mol. The fourth-order valence-electron chi connectivity index (χ4n) is 3.02. The Morgan fingerprint density at radius 3 is 2.88 bits per heavy atom. The maximum absolute atomic E-state index is 12.3. The highest BCUT2D eigenvalue weighted by molar-refractivity contribution is 5.82. The van der Waals surface area contributed by atoms with Crippen molar-refractivity contribution in [3.8, 4) is 0 Å². The van der Waals surface area contributed by atoms with E-state index in [0.29, 0.717) is 11.9 Å². The average molecular weight is 224 g/mol. The van der Waals surface area contributed by atoms with Crippen LogP contribution >= 0.6 is 0 Å². The van der Waals surface area contributed by atoms with Gasteiger partial charge in [-0.1, -0.05) is 13.3 Å². The zero-order valence-corrected chi connectivity index (χ0v) is 10.5. The number of hydrogen-bond donors (Lipinski definition) is 1. The summed E-state index contributed by atoms with van der Waals surface area (Å²) < 4.78 is 0. The molecule has 1 amide bonds. The second-order valence-corrected chi connectivity index (χ2v) is 5.33. The van der Waals surface area contributed by atoms with Crippen molar-refractivity contribution >= 4 is 5.91 Å². The number of amides is 1. The SMILES string of the molecule is CCC1CCNC(C(=O)N2CCCC2C)C1. The molecule has 3 heteroatoms. The molecule has 3 atom stereocenters. The molecule has 2 aliphatic rings. The lowest BCUT2D eigenvalue weighted by Crippen LogP contribution is -2.51. The molecule has 0 aromatic carbocycles. The van der Waals surface area contributed by atoms with Crippen molar-refractivity contribution in [1.82, 2.24) is 10.2 Å². The van der Waals surface area contributed by atoms with Crippen LogP contribution in [-0.4, -0.2) is 36.0 Å². The minimum atomic E-state index is 0.0965. The van der Waals surface area contributed by atoms with Crippen LogP contribution in [0.1, 0.15) is 46.0 Å². The molecule has 0 saturated carbocycles. The number of rotatable bonds is 2. The van der Waals surface area contributed by atoms with Crippen LogP contribution in [0.5, 0.6) is 0 Å². The van der Waals surface area contributed by atoms with Crippen LogP contribution in [0.3, 0.4) is 0 Å². The topological polar surface area (TPSA) is 32.3 Å². The van der Waals surface area contributed by atoms with Gasteiger partial charge in [0.15, 0.2) is 0 Å². The average Bonchev–Trinajstić information content (AvgIpc) is 2.74. The molecule has 2 fully saturated rings. The highest BCUT2D eigenvalue weighted by atomic mass is 16.2. The van der Waals surface area contributed by atoms with Gasteiger partial charge in [0.2, 0.25) is 5.91 Å². The van der Waals surface area contributed by atoms with Crippen LogP contribution in [0.15, 0.2) is 0 Å². The first-order valence-electron chi connectivity index (χ1n) is 6.76. The first-order chi connectivity index (χ1) is 7.72. The van der Waals surface area contributed by atoms with E-state index >= 15 is 0 Å². The third-order valence-electron chi connectivity index (χ3n) is 4.22. The van der Waals surface area contributed by atoms with Crippen molar-refractivity contribution in [2.45, 2.75) is 58.0 Å². The standard InChI is InChI=1S/C13H24N2O/c1-3-11-6-7-14-12(9-11)13(16)15-8-4-5-10(15)2/h10-12,14H,3-9H2,1-2H3. The lowest BCUT2D eigenvalue weighted by Gasteiger charge is -2.33. The van der Waals surface area contributed by atoms with Crippen LogP contribution in [0.4, 0.5) is 0 Å². The Bertz CT molecular complexity index is 254. The monoisotopic (exact) mass is 224 g/mol. The molecule has 3 unspecified atom stereocenters. The molecular formula is C13H24N2O. The maximum atomic E-state index is 12.3. The van der Waals surface area contributed by atoms with E-state index in [0.717, 1.165) is 25.4 Å². The van der Waals surface area contributed by atoms with Gasteiger partial charge in [0.05, 0.1) is 6.04 Å². The normalized spacial score (nSPS) is 35.4. The van der Waals surface area contributed by atoms with Gasteiger partial charge < -0.3 is 10.2 Å². The Morgan fingerprint density at radius 2 is 2.25 bits per heavy atom. The largest absolute Gasteiger partial charge is 0.339 e. The van der Waals surface area contributed by atoms with E-state index in [4.69, 9.17) is 0 Å². The predicted molar refractivity (Wildman–Crippen MR) is 65.2 cm³/mol. The summed E-state index contributed by atoms with van der Waals surface area (Å²) in [6.45, 7) is 6.38. The van der Waals surface area contributed by atoms with Gasteiger partial charge in [0, 0.05) is 12.6 Å². The fraction of sp³-hybridized carbons (Fsp3) is 0.923. The van der Waals surface area contributed by atoms with Crippen molar-refractivity contribution < 1.29 is 4.79 Å². The predicted octanol–water partition coefficient (Wildman–Crippen LogP) is 1.78. The van der Waals surface area contributed by atoms with Gasteiger partial charge in [0.1, 0.15) is 0 Å². The zero-order chi connectivity index (χ0) is 11.5. The second-order valence-electron chi connectivity index (χ2n) is 5.33. The summed E-state index contributed by atoms with van der Waals surface area (Å²) in [7, 11) is 0. The molecule has 2 heterocycles. The Kier molecular flexibility index (Phi) is 3.85. The van der Waals surface area contributed by atoms with Gasteiger partial charge in [-0.2, -0.15) is 0 Å². The number of carbonyl (C=O) groups is 1. The number of likely N-dealkylation sites (tertiary alicyclic amines) is 1. The molecule has 2 saturated heterocycles. The third-order valence-corrected chi connectivity index (χ3v) is 4.22. The minimum Gasteiger partial charge on any atom is -0.339 e. The molecule has 0 radical (unpaired) electrons. The first kappa shape index (κ1) is 11.9. The molecule has 2 rings (SSSR count).